The number of rotatable bonds is 5. The number of aromatic carboxylic acids is 1. The number of pyridine rings is 1. The van der Waals surface area contributed by atoms with Gasteiger partial charge in [0.15, 0.2) is 21.2 Å². The number of fused-ring (bicyclic) bond motifs is 1. The van der Waals surface area contributed by atoms with Crippen LogP contribution in [-0.4, -0.2) is 66.8 Å². The van der Waals surface area contributed by atoms with Gasteiger partial charge in [-0.05, 0) is 54.4 Å². The number of hydrogen-bond acceptors (Lipinski definition) is 7. The average molecular weight is 493 g/mol. The van der Waals surface area contributed by atoms with E-state index in [9.17, 15) is 18.3 Å². The van der Waals surface area contributed by atoms with Crippen LogP contribution in [0.3, 0.4) is 0 Å². The van der Waals surface area contributed by atoms with Gasteiger partial charge in [0, 0.05) is 25.0 Å². The van der Waals surface area contributed by atoms with Crippen molar-refractivity contribution in [2.75, 3.05) is 37.5 Å². The van der Waals surface area contributed by atoms with E-state index in [1.807, 2.05) is 31.2 Å². The first-order chi connectivity index (χ1) is 16.7. The Bertz CT molecular complexity index is 1540. The minimum Gasteiger partial charge on any atom is -0.477 e. The van der Waals surface area contributed by atoms with Crippen LogP contribution in [0.2, 0.25) is 0 Å². The number of sulfone groups is 1. The highest BCUT2D eigenvalue weighted by Crippen LogP contribution is 2.33. The molecule has 2 aromatic heterocycles. The van der Waals surface area contributed by atoms with Crippen LogP contribution in [0.4, 0.5) is 5.69 Å². The SMILES string of the molecule is Cc1nn(-c2cccc(S(C)(=O)=O)c2)c2nc(C(=O)O)cc(-c3ccc(N4CCOCC4)cc3)c12. The molecule has 1 fully saturated rings. The lowest BCUT2D eigenvalue weighted by molar-refractivity contribution is 0.0691. The average Bonchev–Trinajstić information content (AvgIpc) is 3.20. The summed E-state index contributed by atoms with van der Waals surface area (Å²) in [6.45, 7) is 4.84. The highest BCUT2D eigenvalue weighted by molar-refractivity contribution is 7.90. The molecule has 0 spiro atoms. The van der Waals surface area contributed by atoms with Gasteiger partial charge in [-0.3, -0.25) is 0 Å². The molecule has 2 aromatic carbocycles. The Labute approximate surface area is 202 Å². The monoisotopic (exact) mass is 492 g/mol. The molecule has 4 aromatic rings. The minimum absolute atomic E-state index is 0.120. The van der Waals surface area contributed by atoms with Crippen molar-refractivity contribution in [2.45, 2.75) is 11.8 Å². The normalized spacial score (nSPS) is 14.4. The molecule has 3 heterocycles. The second-order valence-corrected chi connectivity index (χ2v) is 10.5. The second-order valence-electron chi connectivity index (χ2n) is 8.47. The van der Waals surface area contributed by atoms with Crippen LogP contribution in [0.1, 0.15) is 16.2 Å². The Morgan fingerprint density at radius 3 is 2.40 bits per heavy atom. The fraction of sp³-hybridized carbons (Fsp3) is 0.240. The number of aryl methyl sites for hydroxylation is 1. The molecule has 0 radical (unpaired) electrons. The minimum atomic E-state index is -3.43. The summed E-state index contributed by atoms with van der Waals surface area (Å²) in [4.78, 5) is 18.7. The lowest BCUT2D eigenvalue weighted by atomic mass is 10.0. The van der Waals surface area contributed by atoms with Crippen molar-refractivity contribution in [3.8, 4) is 16.8 Å². The summed E-state index contributed by atoms with van der Waals surface area (Å²) in [5.74, 6) is -1.16. The van der Waals surface area contributed by atoms with Crippen molar-refractivity contribution in [1.82, 2.24) is 14.8 Å². The first-order valence-electron chi connectivity index (χ1n) is 11.1. The van der Waals surface area contributed by atoms with Gasteiger partial charge in [0.05, 0.1) is 34.9 Å². The first kappa shape index (κ1) is 23.0. The van der Waals surface area contributed by atoms with E-state index in [1.165, 1.54) is 16.8 Å². The van der Waals surface area contributed by atoms with Gasteiger partial charge in [0.25, 0.3) is 0 Å². The molecule has 1 saturated heterocycles. The summed E-state index contributed by atoms with van der Waals surface area (Å²) in [5, 5.41) is 15.1. The molecular formula is C25H24N4O5S. The van der Waals surface area contributed by atoms with Crippen LogP contribution in [-0.2, 0) is 14.6 Å². The molecule has 0 bridgehead atoms. The summed E-state index contributed by atoms with van der Waals surface area (Å²) in [5.41, 5.74) is 3.97. The van der Waals surface area contributed by atoms with E-state index in [2.05, 4.69) is 15.0 Å². The fourth-order valence-electron chi connectivity index (χ4n) is 4.33. The Morgan fingerprint density at radius 1 is 1.03 bits per heavy atom. The van der Waals surface area contributed by atoms with Crippen molar-refractivity contribution >= 4 is 32.5 Å². The van der Waals surface area contributed by atoms with Gasteiger partial charge in [0.2, 0.25) is 0 Å². The first-order valence-corrected chi connectivity index (χ1v) is 13.0. The summed E-state index contributed by atoms with van der Waals surface area (Å²) in [6, 6.07) is 15.9. The van der Waals surface area contributed by atoms with Crippen molar-refractivity contribution in [3.05, 3.63) is 66.0 Å². The highest BCUT2D eigenvalue weighted by atomic mass is 32.2. The maximum absolute atomic E-state index is 12.1. The van der Waals surface area contributed by atoms with Gasteiger partial charge in [-0.15, -0.1) is 0 Å². The lowest BCUT2D eigenvalue weighted by Crippen LogP contribution is -2.36. The number of ether oxygens (including phenoxy) is 1. The standard InChI is InChI=1S/C25H24N4O5S/c1-16-23-21(17-6-8-18(9-7-17)28-10-12-34-13-11-28)15-22(25(30)31)26-24(23)29(27-16)19-4-3-5-20(14-19)35(2,32)33/h3-9,14-15H,10-13H2,1-2H3,(H,30,31). The van der Waals surface area contributed by atoms with E-state index < -0.39 is 15.8 Å². The Balaban J connectivity index is 1.67. The third-order valence-electron chi connectivity index (χ3n) is 6.08. The van der Waals surface area contributed by atoms with Crippen molar-refractivity contribution in [1.29, 1.82) is 0 Å². The number of hydrogen-bond donors (Lipinski definition) is 1. The van der Waals surface area contributed by atoms with E-state index >= 15 is 0 Å². The maximum Gasteiger partial charge on any atom is 0.354 e. The van der Waals surface area contributed by atoms with Gasteiger partial charge in [0.1, 0.15) is 0 Å². The number of aromatic nitrogens is 3. The molecular weight excluding hydrogens is 468 g/mol. The number of carboxylic acids is 1. The number of carbonyl (C=O) groups is 1. The van der Waals surface area contributed by atoms with Crippen LogP contribution in [0.25, 0.3) is 27.8 Å². The molecule has 0 atom stereocenters. The summed E-state index contributed by atoms with van der Waals surface area (Å²) in [6.07, 6.45) is 1.14. The zero-order valence-electron chi connectivity index (χ0n) is 19.3. The zero-order valence-corrected chi connectivity index (χ0v) is 20.1. The van der Waals surface area contributed by atoms with Gasteiger partial charge in [-0.2, -0.15) is 5.10 Å². The largest absolute Gasteiger partial charge is 0.477 e. The van der Waals surface area contributed by atoms with Crippen molar-refractivity contribution in [2.24, 2.45) is 0 Å². The predicted octanol–water partition coefficient (Wildman–Crippen LogP) is 3.33. The molecule has 35 heavy (non-hydrogen) atoms. The molecule has 9 nitrogen and oxygen atoms in total. The third-order valence-corrected chi connectivity index (χ3v) is 7.19. The number of morpholine rings is 1. The smallest absolute Gasteiger partial charge is 0.354 e. The molecule has 5 rings (SSSR count). The molecule has 10 heteroatoms. The molecule has 0 aliphatic carbocycles. The fourth-order valence-corrected chi connectivity index (χ4v) is 4.99. The van der Waals surface area contributed by atoms with Crippen LogP contribution in [0.15, 0.2) is 59.5 Å². The topological polar surface area (TPSA) is 115 Å². The Kier molecular flexibility index (Phi) is 5.78. The lowest BCUT2D eigenvalue weighted by Gasteiger charge is -2.29. The predicted molar refractivity (Wildman–Crippen MR) is 132 cm³/mol. The van der Waals surface area contributed by atoms with Gasteiger partial charge in [-0.1, -0.05) is 18.2 Å². The quantitative estimate of drug-likeness (QED) is 0.451. The van der Waals surface area contributed by atoms with Crippen LogP contribution in [0, 0.1) is 6.92 Å². The van der Waals surface area contributed by atoms with Gasteiger partial charge in [-0.25, -0.2) is 22.9 Å². The molecule has 0 saturated carbocycles. The molecule has 0 unspecified atom stereocenters. The number of nitrogens with zero attached hydrogens (tertiary/aromatic N) is 4. The van der Waals surface area contributed by atoms with E-state index in [4.69, 9.17) is 4.74 Å². The van der Waals surface area contributed by atoms with Crippen molar-refractivity contribution in [3.63, 3.8) is 0 Å². The zero-order chi connectivity index (χ0) is 24.7. The Morgan fingerprint density at radius 2 is 1.74 bits per heavy atom. The molecule has 1 N–H and O–H groups in total. The van der Waals surface area contributed by atoms with Crippen LogP contribution >= 0.6 is 0 Å². The van der Waals surface area contributed by atoms with E-state index in [0.29, 0.717) is 41.2 Å². The maximum atomic E-state index is 12.1. The molecule has 0 amide bonds. The molecule has 1 aliphatic heterocycles. The van der Waals surface area contributed by atoms with E-state index in [-0.39, 0.29) is 10.6 Å². The number of anilines is 1. The van der Waals surface area contributed by atoms with E-state index in [1.54, 1.807) is 18.2 Å². The van der Waals surface area contributed by atoms with Crippen LogP contribution < -0.4 is 4.90 Å². The Hall–Kier alpha value is -3.76. The molecule has 1 aliphatic rings. The number of benzene rings is 2. The van der Waals surface area contributed by atoms with Crippen molar-refractivity contribution < 1.29 is 23.1 Å². The number of carboxylic acid groups (broad SMARTS) is 1. The summed E-state index contributed by atoms with van der Waals surface area (Å²) in [7, 11) is -3.43. The third kappa shape index (κ3) is 4.38. The van der Waals surface area contributed by atoms with Crippen LogP contribution in [0.5, 0.6) is 0 Å². The summed E-state index contributed by atoms with van der Waals surface area (Å²) >= 11 is 0. The van der Waals surface area contributed by atoms with E-state index in [0.717, 1.165) is 30.6 Å². The summed E-state index contributed by atoms with van der Waals surface area (Å²) < 4.78 is 31.1. The van der Waals surface area contributed by atoms with Gasteiger partial charge >= 0.3 is 5.97 Å². The molecule has 180 valence electrons. The van der Waals surface area contributed by atoms with Gasteiger partial charge < -0.3 is 14.7 Å². The second kappa shape index (κ2) is 8.79. The highest BCUT2D eigenvalue weighted by Gasteiger charge is 2.21.